The van der Waals surface area contributed by atoms with E-state index in [2.05, 4.69) is 4.90 Å². The van der Waals surface area contributed by atoms with E-state index in [0.717, 1.165) is 31.6 Å². The van der Waals surface area contributed by atoms with Gasteiger partial charge in [-0.3, -0.25) is 10.3 Å². The van der Waals surface area contributed by atoms with Crippen LogP contribution in [0.1, 0.15) is 24.0 Å². The molecule has 0 aliphatic carbocycles. The minimum atomic E-state index is 0.116. The van der Waals surface area contributed by atoms with Crippen molar-refractivity contribution in [3.8, 4) is 0 Å². The molecule has 0 bridgehead atoms. The average molecular weight is 247 g/mol. The van der Waals surface area contributed by atoms with E-state index in [1.807, 2.05) is 24.3 Å². The second-order valence-corrected chi connectivity index (χ2v) is 5.01. The predicted octanol–water partition coefficient (Wildman–Crippen LogP) is 1.17. The molecule has 1 saturated heterocycles. The first kappa shape index (κ1) is 13.1. The van der Waals surface area contributed by atoms with Crippen molar-refractivity contribution in [2.24, 2.45) is 11.7 Å². The van der Waals surface area contributed by atoms with Crippen LogP contribution in [-0.2, 0) is 6.54 Å². The highest BCUT2D eigenvalue weighted by Gasteiger charge is 2.21. The normalized spacial score (nSPS) is 20.2. The Hall–Kier alpha value is -1.39. The number of aliphatic hydroxyl groups excluding tert-OH is 1. The SMILES string of the molecule is N=C(N)c1ccc(CN2CCC(CCO)C2)cc1. The number of nitrogen functional groups attached to an aromatic ring is 1. The van der Waals surface area contributed by atoms with Crippen molar-refractivity contribution in [1.29, 1.82) is 5.41 Å². The fourth-order valence-corrected chi connectivity index (χ4v) is 2.52. The Kier molecular flexibility index (Phi) is 4.33. The van der Waals surface area contributed by atoms with Crippen LogP contribution in [0, 0.1) is 11.3 Å². The van der Waals surface area contributed by atoms with E-state index >= 15 is 0 Å². The minimum Gasteiger partial charge on any atom is -0.396 e. The summed E-state index contributed by atoms with van der Waals surface area (Å²) >= 11 is 0. The zero-order valence-corrected chi connectivity index (χ0v) is 10.6. The van der Waals surface area contributed by atoms with E-state index < -0.39 is 0 Å². The van der Waals surface area contributed by atoms with Crippen molar-refractivity contribution in [3.05, 3.63) is 35.4 Å². The molecule has 0 spiro atoms. The molecule has 0 saturated carbocycles. The van der Waals surface area contributed by atoms with E-state index in [4.69, 9.17) is 16.2 Å². The minimum absolute atomic E-state index is 0.116. The number of nitrogens with one attached hydrogen (secondary N) is 1. The zero-order chi connectivity index (χ0) is 13.0. The lowest BCUT2D eigenvalue weighted by Gasteiger charge is -2.16. The van der Waals surface area contributed by atoms with Gasteiger partial charge in [0.15, 0.2) is 0 Å². The highest BCUT2D eigenvalue weighted by atomic mass is 16.3. The molecule has 1 atom stereocenters. The van der Waals surface area contributed by atoms with Gasteiger partial charge in [-0.05, 0) is 30.9 Å². The lowest BCUT2D eigenvalue weighted by atomic mass is 10.1. The van der Waals surface area contributed by atoms with Crippen molar-refractivity contribution in [2.75, 3.05) is 19.7 Å². The molecule has 18 heavy (non-hydrogen) atoms. The highest BCUT2D eigenvalue weighted by Crippen LogP contribution is 2.21. The summed E-state index contributed by atoms with van der Waals surface area (Å²) in [7, 11) is 0. The monoisotopic (exact) mass is 247 g/mol. The van der Waals surface area contributed by atoms with Gasteiger partial charge in [-0.25, -0.2) is 0 Å². The maximum atomic E-state index is 8.93. The summed E-state index contributed by atoms with van der Waals surface area (Å²) in [5.41, 5.74) is 7.46. The number of rotatable bonds is 5. The number of nitrogens with zero attached hydrogens (tertiary/aromatic N) is 1. The van der Waals surface area contributed by atoms with Crippen molar-refractivity contribution in [2.45, 2.75) is 19.4 Å². The Morgan fingerprint density at radius 2 is 2.11 bits per heavy atom. The third-order valence-electron chi connectivity index (χ3n) is 3.58. The van der Waals surface area contributed by atoms with Crippen LogP contribution < -0.4 is 5.73 Å². The number of amidine groups is 1. The summed E-state index contributed by atoms with van der Waals surface area (Å²) < 4.78 is 0. The molecule has 1 heterocycles. The smallest absolute Gasteiger partial charge is 0.122 e. The van der Waals surface area contributed by atoms with Gasteiger partial charge in [0, 0.05) is 25.3 Å². The molecule has 2 rings (SSSR count). The quantitative estimate of drug-likeness (QED) is 0.540. The third-order valence-corrected chi connectivity index (χ3v) is 3.58. The van der Waals surface area contributed by atoms with Gasteiger partial charge in [-0.15, -0.1) is 0 Å². The Morgan fingerprint density at radius 3 is 2.72 bits per heavy atom. The molecule has 1 aromatic rings. The summed E-state index contributed by atoms with van der Waals surface area (Å²) in [6, 6.07) is 7.88. The van der Waals surface area contributed by atoms with Crippen LogP contribution in [0.25, 0.3) is 0 Å². The molecule has 1 aliphatic rings. The van der Waals surface area contributed by atoms with Crippen LogP contribution in [0.5, 0.6) is 0 Å². The van der Waals surface area contributed by atoms with Crippen molar-refractivity contribution < 1.29 is 5.11 Å². The van der Waals surface area contributed by atoms with Gasteiger partial charge in [0.1, 0.15) is 5.84 Å². The van der Waals surface area contributed by atoms with Crippen molar-refractivity contribution in [1.82, 2.24) is 4.90 Å². The van der Waals surface area contributed by atoms with Crippen LogP contribution in [0.2, 0.25) is 0 Å². The fraction of sp³-hybridized carbons (Fsp3) is 0.500. The average Bonchev–Trinajstić information content (AvgIpc) is 2.78. The van der Waals surface area contributed by atoms with Gasteiger partial charge in [0.25, 0.3) is 0 Å². The Bertz CT molecular complexity index is 402. The standard InChI is InChI=1S/C14H21N3O/c15-14(16)13-3-1-11(2-4-13)9-17-7-5-12(10-17)6-8-18/h1-4,12,18H,5-10H2,(H3,15,16). The van der Waals surface area contributed by atoms with Crippen LogP contribution in [0.4, 0.5) is 0 Å². The summed E-state index contributed by atoms with van der Waals surface area (Å²) in [6.07, 6.45) is 2.10. The summed E-state index contributed by atoms with van der Waals surface area (Å²) in [5.74, 6) is 0.761. The van der Waals surface area contributed by atoms with Crippen LogP contribution in [0.15, 0.2) is 24.3 Å². The number of likely N-dealkylation sites (tertiary alicyclic amines) is 1. The predicted molar refractivity (Wildman–Crippen MR) is 72.5 cm³/mol. The van der Waals surface area contributed by atoms with Gasteiger partial charge in [0.05, 0.1) is 0 Å². The Morgan fingerprint density at radius 1 is 1.39 bits per heavy atom. The van der Waals surface area contributed by atoms with Crippen LogP contribution in [-0.4, -0.2) is 35.5 Å². The number of hydrogen-bond acceptors (Lipinski definition) is 3. The van der Waals surface area contributed by atoms with Gasteiger partial charge < -0.3 is 10.8 Å². The summed E-state index contributed by atoms with van der Waals surface area (Å²) in [5, 5.41) is 16.3. The summed E-state index contributed by atoms with van der Waals surface area (Å²) in [6.45, 7) is 3.43. The second-order valence-electron chi connectivity index (χ2n) is 5.01. The maximum absolute atomic E-state index is 8.93. The first-order valence-electron chi connectivity index (χ1n) is 6.45. The number of aliphatic hydroxyl groups is 1. The van der Waals surface area contributed by atoms with Gasteiger partial charge in [-0.1, -0.05) is 24.3 Å². The molecule has 1 fully saturated rings. The van der Waals surface area contributed by atoms with Gasteiger partial charge in [0.2, 0.25) is 0 Å². The van der Waals surface area contributed by atoms with Crippen LogP contribution in [0.3, 0.4) is 0 Å². The van der Waals surface area contributed by atoms with E-state index in [-0.39, 0.29) is 5.84 Å². The third kappa shape index (κ3) is 3.31. The molecular weight excluding hydrogens is 226 g/mol. The molecule has 0 radical (unpaired) electrons. The highest BCUT2D eigenvalue weighted by molar-refractivity contribution is 5.94. The molecule has 1 unspecified atom stereocenters. The van der Waals surface area contributed by atoms with E-state index in [1.54, 1.807) is 0 Å². The first-order chi connectivity index (χ1) is 8.69. The lowest BCUT2D eigenvalue weighted by Crippen LogP contribution is -2.20. The second kappa shape index (κ2) is 5.98. The number of nitrogens with two attached hydrogens (primary N) is 1. The van der Waals surface area contributed by atoms with Crippen molar-refractivity contribution in [3.63, 3.8) is 0 Å². The molecular formula is C14H21N3O. The Balaban J connectivity index is 1.88. The maximum Gasteiger partial charge on any atom is 0.122 e. The fourth-order valence-electron chi connectivity index (χ4n) is 2.52. The zero-order valence-electron chi connectivity index (χ0n) is 10.6. The number of hydrogen-bond donors (Lipinski definition) is 3. The molecule has 1 aliphatic heterocycles. The lowest BCUT2D eigenvalue weighted by molar-refractivity contribution is 0.249. The van der Waals surface area contributed by atoms with E-state index in [1.165, 1.54) is 12.0 Å². The first-order valence-corrected chi connectivity index (χ1v) is 6.45. The van der Waals surface area contributed by atoms with E-state index in [9.17, 15) is 0 Å². The molecule has 0 aromatic heterocycles. The summed E-state index contributed by atoms with van der Waals surface area (Å²) in [4.78, 5) is 2.42. The molecule has 4 nitrogen and oxygen atoms in total. The van der Waals surface area contributed by atoms with Gasteiger partial charge in [-0.2, -0.15) is 0 Å². The molecule has 0 amide bonds. The molecule has 4 heteroatoms. The van der Waals surface area contributed by atoms with E-state index in [0.29, 0.717) is 12.5 Å². The van der Waals surface area contributed by atoms with Gasteiger partial charge >= 0.3 is 0 Å². The molecule has 98 valence electrons. The molecule has 1 aromatic carbocycles. The van der Waals surface area contributed by atoms with Crippen molar-refractivity contribution >= 4 is 5.84 Å². The number of benzene rings is 1. The topological polar surface area (TPSA) is 73.3 Å². The molecule has 4 N–H and O–H groups in total. The van der Waals surface area contributed by atoms with Crippen LogP contribution >= 0.6 is 0 Å². The largest absolute Gasteiger partial charge is 0.396 e. The Labute approximate surface area is 108 Å².